The number of rotatable bonds is 5. The lowest BCUT2D eigenvalue weighted by Crippen LogP contribution is -2.19. The van der Waals surface area contributed by atoms with Gasteiger partial charge in [0.15, 0.2) is 5.65 Å². The zero-order valence-corrected chi connectivity index (χ0v) is 17.0. The van der Waals surface area contributed by atoms with Crippen molar-refractivity contribution in [2.45, 2.75) is 19.8 Å². The van der Waals surface area contributed by atoms with Crippen molar-refractivity contribution in [3.05, 3.63) is 54.5 Å². The van der Waals surface area contributed by atoms with Crippen LogP contribution in [0.2, 0.25) is 0 Å². The number of imidazole rings is 1. The summed E-state index contributed by atoms with van der Waals surface area (Å²) in [5.74, 6) is 2.31. The summed E-state index contributed by atoms with van der Waals surface area (Å²) < 4.78 is 6.93. The molecule has 8 nitrogen and oxygen atoms in total. The monoisotopic (exact) mass is 401 g/mol. The van der Waals surface area contributed by atoms with Gasteiger partial charge in [0.2, 0.25) is 5.88 Å². The average molecular weight is 401 g/mol. The van der Waals surface area contributed by atoms with Gasteiger partial charge in [-0.3, -0.25) is 0 Å². The molecule has 5 rings (SSSR count). The standard InChI is InChI=1S/C22H23N7O/c1-15-5-6-16(18-13-29-20(26-18)7-8-22(27-29)30-2)11-17(15)25-19-12-21(24-14-23-19)28-9-3-4-10-28/h5-8,11-14H,3-4,9-10H2,1-2H3,(H,23,24,25). The fraction of sp³-hybridized carbons (Fsp3) is 0.273. The Morgan fingerprint density at radius 3 is 2.73 bits per heavy atom. The van der Waals surface area contributed by atoms with E-state index in [1.165, 1.54) is 12.8 Å². The molecule has 3 aromatic heterocycles. The third kappa shape index (κ3) is 3.52. The number of ether oxygens (including phenoxy) is 1. The molecular weight excluding hydrogens is 378 g/mol. The van der Waals surface area contributed by atoms with Gasteiger partial charge in [-0.25, -0.2) is 19.5 Å². The highest BCUT2D eigenvalue weighted by atomic mass is 16.5. The maximum atomic E-state index is 5.20. The second-order valence-electron chi connectivity index (χ2n) is 7.41. The Kier molecular flexibility index (Phi) is 4.66. The van der Waals surface area contributed by atoms with E-state index in [0.717, 1.165) is 52.9 Å². The number of nitrogens with one attached hydrogen (secondary N) is 1. The van der Waals surface area contributed by atoms with Crippen molar-refractivity contribution in [1.29, 1.82) is 0 Å². The predicted octanol–water partition coefficient (Wildman–Crippen LogP) is 3.85. The van der Waals surface area contributed by atoms with Crippen molar-refractivity contribution in [2.24, 2.45) is 0 Å². The molecule has 1 fully saturated rings. The van der Waals surface area contributed by atoms with Crippen LogP contribution in [0.25, 0.3) is 16.9 Å². The predicted molar refractivity (Wildman–Crippen MR) is 116 cm³/mol. The van der Waals surface area contributed by atoms with E-state index in [-0.39, 0.29) is 0 Å². The quantitative estimate of drug-likeness (QED) is 0.544. The third-order valence-corrected chi connectivity index (χ3v) is 5.38. The van der Waals surface area contributed by atoms with E-state index in [2.05, 4.69) is 55.4 Å². The summed E-state index contributed by atoms with van der Waals surface area (Å²) >= 11 is 0. The Morgan fingerprint density at radius 1 is 1.03 bits per heavy atom. The number of hydrogen-bond acceptors (Lipinski definition) is 7. The van der Waals surface area contributed by atoms with Gasteiger partial charge in [0.1, 0.15) is 18.0 Å². The first kappa shape index (κ1) is 18.4. The summed E-state index contributed by atoms with van der Waals surface area (Å²) in [6.07, 6.45) is 5.96. The van der Waals surface area contributed by atoms with Crippen LogP contribution in [0.5, 0.6) is 5.88 Å². The SMILES string of the molecule is COc1ccc2nc(-c3ccc(C)c(Nc4cc(N5CCCC5)ncn4)c3)cn2n1. The molecule has 8 heteroatoms. The molecule has 1 aromatic carbocycles. The second-order valence-corrected chi connectivity index (χ2v) is 7.41. The molecule has 0 atom stereocenters. The van der Waals surface area contributed by atoms with Gasteiger partial charge < -0.3 is 15.0 Å². The maximum Gasteiger partial charge on any atom is 0.231 e. The molecule has 152 valence electrons. The molecule has 4 heterocycles. The minimum atomic E-state index is 0.551. The van der Waals surface area contributed by atoms with Gasteiger partial charge in [-0.2, -0.15) is 0 Å². The molecule has 0 spiro atoms. The maximum absolute atomic E-state index is 5.20. The molecule has 1 aliphatic rings. The van der Waals surface area contributed by atoms with Gasteiger partial charge in [0, 0.05) is 36.5 Å². The fourth-order valence-electron chi connectivity index (χ4n) is 3.70. The summed E-state index contributed by atoms with van der Waals surface area (Å²) in [4.78, 5) is 15.8. The van der Waals surface area contributed by atoms with Gasteiger partial charge in [0.25, 0.3) is 0 Å². The van der Waals surface area contributed by atoms with Gasteiger partial charge in [-0.15, -0.1) is 5.10 Å². The Hall–Kier alpha value is -3.68. The van der Waals surface area contributed by atoms with E-state index in [9.17, 15) is 0 Å². The van der Waals surface area contributed by atoms with Crippen LogP contribution in [-0.4, -0.2) is 44.8 Å². The van der Waals surface area contributed by atoms with Gasteiger partial charge in [0.05, 0.1) is 19.0 Å². The number of aryl methyl sites for hydroxylation is 1. The van der Waals surface area contributed by atoms with Crippen LogP contribution in [0, 0.1) is 6.92 Å². The van der Waals surface area contributed by atoms with Gasteiger partial charge >= 0.3 is 0 Å². The average Bonchev–Trinajstić information content (AvgIpc) is 3.45. The number of benzene rings is 1. The molecule has 0 radical (unpaired) electrons. The molecular formula is C22H23N7O. The van der Waals surface area contributed by atoms with Crippen molar-refractivity contribution in [3.63, 3.8) is 0 Å². The van der Waals surface area contributed by atoms with E-state index < -0.39 is 0 Å². The number of hydrogen-bond donors (Lipinski definition) is 1. The number of methoxy groups -OCH3 is 1. The van der Waals surface area contributed by atoms with E-state index in [1.807, 2.05) is 18.3 Å². The minimum Gasteiger partial charge on any atom is -0.480 e. The summed E-state index contributed by atoms with van der Waals surface area (Å²) in [6, 6.07) is 11.9. The van der Waals surface area contributed by atoms with Crippen LogP contribution in [0.1, 0.15) is 18.4 Å². The molecule has 0 bridgehead atoms. The summed E-state index contributed by atoms with van der Waals surface area (Å²) in [6.45, 7) is 4.18. The van der Waals surface area contributed by atoms with Crippen LogP contribution < -0.4 is 15.0 Å². The molecule has 30 heavy (non-hydrogen) atoms. The Bertz CT molecular complexity index is 1200. The lowest BCUT2D eigenvalue weighted by atomic mass is 10.1. The number of aromatic nitrogens is 5. The van der Waals surface area contributed by atoms with E-state index >= 15 is 0 Å². The van der Waals surface area contributed by atoms with Crippen LogP contribution >= 0.6 is 0 Å². The molecule has 0 saturated carbocycles. The lowest BCUT2D eigenvalue weighted by Gasteiger charge is -2.17. The highest BCUT2D eigenvalue weighted by Gasteiger charge is 2.14. The van der Waals surface area contributed by atoms with Crippen molar-refractivity contribution in [3.8, 4) is 17.1 Å². The molecule has 4 aromatic rings. The molecule has 0 amide bonds. The first-order valence-corrected chi connectivity index (χ1v) is 10.0. The van der Waals surface area contributed by atoms with Crippen molar-refractivity contribution in [1.82, 2.24) is 24.6 Å². The Labute approximate surface area is 174 Å². The first-order chi connectivity index (χ1) is 14.7. The normalized spacial score (nSPS) is 13.7. The highest BCUT2D eigenvalue weighted by molar-refractivity contribution is 5.72. The van der Waals surface area contributed by atoms with Crippen molar-refractivity contribution in [2.75, 3.05) is 30.4 Å². The molecule has 0 unspecified atom stereocenters. The number of nitrogens with zero attached hydrogens (tertiary/aromatic N) is 6. The second kappa shape index (κ2) is 7.62. The van der Waals surface area contributed by atoms with Crippen LogP contribution in [0.15, 0.2) is 48.9 Å². The van der Waals surface area contributed by atoms with Crippen LogP contribution in [0.3, 0.4) is 0 Å². The zero-order chi connectivity index (χ0) is 20.5. The zero-order valence-electron chi connectivity index (χ0n) is 17.0. The molecule has 1 saturated heterocycles. The van der Waals surface area contributed by atoms with Gasteiger partial charge in [-0.05, 0) is 37.5 Å². The molecule has 1 aliphatic heterocycles. The smallest absolute Gasteiger partial charge is 0.231 e. The Morgan fingerprint density at radius 2 is 1.90 bits per heavy atom. The largest absolute Gasteiger partial charge is 0.480 e. The van der Waals surface area contributed by atoms with Crippen LogP contribution in [0.4, 0.5) is 17.3 Å². The third-order valence-electron chi connectivity index (χ3n) is 5.38. The van der Waals surface area contributed by atoms with Crippen LogP contribution in [-0.2, 0) is 0 Å². The number of anilines is 3. The lowest BCUT2D eigenvalue weighted by molar-refractivity contribution is 0.390. The highest BCUT2D eigenvalue weighted by Crippen LogP contribution is 2.28. The van der Waals surface area contributed by atoms with Gasteiger partial charge in [-0.1, -0.05) is 12.1 Å². The van der Waals surface area contributed by atoms with E-state index in [0.29, 0.717) is 5.88 Å². The van der Waals surface area contributed by atoms with E-state index in [4.69, 9.17) is 4.74 Å². The summed E-state index contributed by atoms with van der Waals surface area (Å²) in [5.41, 5.74) is 4.73. The van der Waals surface area contributed by atoms with E-state index in [1.54, 1.807) is 24.0 Å². The minimum absolute atomic E-state index is 0.551. The Balaban J connectivity index is 1.45. The first-order valence-electron chi connectivity index (χ1n) is 10.0. The fourth-order valence-corrected chi connectivity index (χ4v) is 3.70. The topological polar surface area (TPSA) is 80.5 Å². The van der Waals surface area contributed by atoms with Crippen molar-refractivity contribution < 1.29 is 4.74 Å². The summed E-state index contributed by atoms with van der Waals surface area (Å²) in [5, 5.41) is 7.84. The molecule has 0 aliphatic carbocycles. The molecule has 1 N–H and O–H groups in total. The number of fused-ring (bicyclic) bond motifs is 1. The summed E-state index contributed by atoms with van der Waals surface area (Å²) in [7, 11) is 1.60. The van der Waals surface area contributed by atoms with Crippen molar-refractivity contribution >= 4 is 23.0 Å².